The normalized spacial score (nSPS) is 12.5. The summed E-state index contributed by atoms with van der Waals surface area (Å²) >= 11 is 0. The van der Waals surface area contributed by atoms with Crippen LogP contribution < -0.4 is 10.5 Å². The highest BCUT2D eigenvalue weighted by molar-refractivity contribution is 8.64. The zero-order valence-electron chi connectivity index (χ0n) is 4.88. The molecule has 0 aromatic carbocycles. The molecule has 4 N–H and O–H groups in total. The van der Waals surface area contributed by atoms with E-state index in [2.05, 4.69) is 5.73 Å². The number of hydrogen-bond donors (Lipinski definition) is 3. The number of amides is 2. The zero-order valence-corrected chi connectivity index (χ0v) is 6.52. The fourth-order valence-electron chi connectivity index (χ4n) is 0.176. The Morgan fingerprint density at radius 1 is 1.27 bits per heavy atom. The number of rotatable bonds is 2. The average Bonchev–Trinajstić information content (AvgIpc) is 1.56. The molecule has 0 atom stereocenters. The molecule has 0 heterocycles. The second kappa shape index (κ2) is 2.64. The average molecular weight is 204 g/mol. The smallest absolute Gasteiger partial charge is 0.351 e. The molecule has 0 fully saturated rings. The number of carbonyl (C=O) groups excluding carboxylic acids is 1. The minimum Gasteiger partial charge on any atom is -0.351 e. The van der Waals surface area contributed by atoms with Crippen molar-refractivity contribution in [3.8, 4) is 0 Å². The summed E-state index contributed by atoms with van der Waals surface area (Å²) in [5.41, 5.74) is 4.27. The van der Waals surface area contributed by atoms with Crippen LogP contribution in [0.2, 0.25) is 0 Å². The third-order valence-electron chi connectivity index (χ3n) is 0.503. The quantitative estimate of drug-likeness (QED) is 0.343. The van der Waals surface area contributed by atoms with Gasteiger partial charge >= 0.3 is 24.2 Å². The molecule has 0 bridgehead atoms. The van der Waals surface area contributed by atoms with Crippen molar-refractivity contribution in [1.82, 2.24) is 4.72 Å². The Balaban J connectivity index is 4.96. The van der Waals surface area contributed by atoms with Gasteiger partial charge in [0.15, 0.2) is 0 Å². The van der Waals surface area contributed by atoms with Gasteiger partial charge in [0.25, 0.3) is 0 Å². The van der Waals surface area contributed by atoms with Crippen LogP contribution in [0.4, 0.5) is 4.79 Å². The summed E-state index contributed by atoms with van der Waals surface area (Å²) in [6.45, 7) is 0. The van der Waals surface area contributed by atoms with Gasteiger partial charge in [0, 0.05) is 0 Å². The van der Waals surface area contributed by atoms with Gasteiger partial charge in [-0.25, -0.2) is 9.52 Å². The van der Waals surface area contributed by atoms with Crippen molar-refractivity contribution in [2.24, 2.45) is 5.73 Å². The topological polar surface area (TPSA) is 144 Å². The lowest BCUT2D eigenvalue weighted by molar-refractivity contribution is 0.253. The predicted octanol–water partition coefficient (Wildman–Crippen LogP) is -2.21. The highest BCUT2D eigenvalue weighted by Gasteiger charge is 2.27. The standard InChI is InChI=1S/CH4N2O6S2/c2-1(4)3-10(5,6)11(7,8)9/h(H3,2,3,4)(H,7,8,9). The van der Waals surface area contributed by atoms with Crippen molar-refractivity contribution in [2.45, 2.75) is 0 Å². The summed E-state index contributed by atoms with van der Waals surface area (Å²) in [5.74, 6) is 0. The van der Waals surface area contributed by atoms with Crippen LogP contribution in [0.1, 0.15) is 0 Å². The zero-order chi connectivity index (χ0) is 9.28. The number of primary amides is 1. The molecule has 0 saturated carbocycles. The molecule has 0 aliphatic rings. The summed E-state index contributed by atoms with van der Waals surface area (Å²) in [6.07, 6.45) is 0. The van der Waals surface area contributed by atoms with Gasteiger partial charge in [0.1, 0.15) is 0 Å². The molecular weight excluding hydrogens is 200 g/mol. The summed E-state index contributed by atoms with van der Waals surface area (Å²) in [6, 6.07) is -1.59. The van der Waals surface area contributed by atoms with Crippen molar-refractivity contribution in [3.63, 3.8) is 0 Å². The maximum absolute atomic E-state index is 10.2. The first-order valence-corrected chi connectivity index (χ1v) is 5.40. The lowest BCUT2D eigenvalue weighted by Gasteiger charge is -1.97. The van der Waals surface area contributed by atoms with Gasteiger partial charge in [-0.2, -0.15) is 16.8 Å². The van der Waals surface area contributed by atoms with Crippen LogP contribution in [-0.4, -0.2) is 27.4 Å². The number of urea groups is 1. The van der Waals surface area contributed by atoms with E-state index in [-0.39, 0.29) is 0 Å². The Kier molecular flexibility index (Phi) is 2.43. The van der Waals surface area contributed by atoms with E-state index < -0.39 is 24.2 Å². The van der Waals surface area contributed by atoms with E-state index >= 15 is 0 Å². The van der Waals surface area contributed by atoms with Gasteiger partial charge in [0.05, 0.1) is 0 Å². The van der Waals surface area contributed by atoms with E-state index in [1.807, 2.05) is 0 Å². The second-order valence-electron chi connectivity index (χ2n) is 1.35. The van der Waals surface area contributed by atoms with E-state index in [1.54, 1.807) is 0 Å². The third kappa shape index (κ3) is 2.69. The van der Waals surface area contributed by atoms with E-state index in [0.29, 0.717) is 0 Å². The largest absolute Gasteiger partial charge is 0.391 e. The summed E-state index contributed by atoms with van der Waals surface area (Å²) in [5, 5.41) is 0. The van der Waals surface area contributed by atoms with E-state index in [9.17, 15) is 21.6 Å². The maximum Gasteiger partial charge on any atom is 0.391 e. The van der Waals surface area contributed by atoms with Crippen LogP contribution in [-0.2, 0) is 18.2 Å². The first kappa shape index (κ1) is 10.1. The van der Waals surface area contributed by atoms with Gasteiger partial charge < -0.3 is 5.73 Å². The van der Waals surface area contributed by atoms with Crippen molar-refractivity contribution >= 4 is 24.2 Å². The van der Waals surface area contributed by atoms with Crippen LogP contribution in [0, 0.1) is 0 Å². The highest BCUT2D eigenvalue weighted by Crippen LogP contribution is 1.93. The highest BCUT2D eigenvalue weighted by atomic mass is 33.2. The number of nitrogens with two attached hydrogens (primary N) is 1. The lowest BCUT2D eigenvalue weighted by atomic mass is 11.2. The summed E-state index contributed by atoms with van der Waals surface area (Å²) in [7, 11) is -10.4. The van der Waals surface area contributed by atoms with E-state index in [4.69, 9.17) is 4.55 Å². The molecule has 0 spiro atoms. The second-order valence-corrected chi connectivity index (χ2v) is 5.90. The van der Waals surface area contributed by atoms with Crippen LogP contribution in [0.5, 0.6) is 0 Å². The van der Waals surface area contributed by atoms with Gasteiger partial charge in [-0.3, -0.25) is 4.55 Å². The molecule has 0 saturated heterocycles. The molecule has 8 nitrogen and oxygen atoms in total. The fourth-order valence-corrected chi connectivity index (χ4v) is 1.09. The van der Waals surface area contributed by atoms with Crippen LogP contribution in [0.25, 0.3) is 0 Å². The van der Waals surface area contributed by atoms with Crippen molar-refractivity contribution in [3.05, 3.63) is 0 Å². The van der Waals surface area contributed by atoms with Gasteiger partial charge in [-0.1, -0.05) is 0 Å². The molecular formula is CH4N2O6S2. The molecule has 11 heavy (non-hydrogen) atoms. The molecule has 0 aromatic rings. The third-order valence-corrected chi connectivity index (χ3v) is 3.42. The van der Waals surface area contributed by atoms with E-state index in [1.165, 1.54) is 0 Å². The maximum atomic E-state index is 10.2. The Labute approximate surface area is 61.6 Å². The predicted molar refractivity (Wildman–Crippen MR) is 33.2 cm³/mol. The minimum atomic E-state index is -5.34. The molecule has 0 aliphatic carbocycles. The van der Waals surface area contributed by atoms with Crippen LogP contribution in [0.15, 0.2) is 0 Å². The molecule has 0 radical (unpaired) electrons. The molecule has 0 unspecified atom stereocenters. The Bertz CT molecular complexity index is 348. The number of nitrogens with one attached hydrogen (secondary N) is 1. The van der Waals surface area contributed by atoms with Gasteiger partial charge in [0.2, 0.25) is 0 Å². The summed E-state index contributed by atoms with van der Waals surface area (Å²) in [4.78, 5) is 9.82. The van der Waals surface area contributed by atoms with Crippen LogP contribution >= 0.6 is 0 Å². The first-order chi connectivity index (χ1) is 4.67. The monoisotopic (exact) mass is 204 g/mol. The SMILES string of the molecule is NC(=O)NS(=O)(=O)S(=O)(=O)O. The molecule has 66 valence electrons. The van der Waals surface area contributed by atoms with Gasteiger partial charge in [-0.15, -0.1) is 0 Å². The molecule has 0 aromatic heterocycles. The van der Waals surface area contributed by atoms with Gasteiger partial charge in [-0.05, 0) is 0 Å². The van der Waals surface area contributed by atoms with E-state index in [0.717, 1.165) is 4.72 Å². The lowest BCUT2D eigenvalue weighted by Crippen LogP contribution is -2.38. The number of carbonyl (C=O) groups is 1. The minimum absolute atomic E-state index is 0.832. The number of hydrogen-bond acceptors (Lipinski definition) is 5. The summed E-state index contributed by atoms with van der Waals surface area (Å²) < 4.78 is 48.9. The molecule has 10 heteroatoms. The van der Waals surface area contributed by atoms with Crippen molar-refractivity contribution < 1.29 is 26.2 Å². The van der Waals surface area contributed by atoms with Crippen molar-refractivity contribution in [1.29, 1.82) is 0 Å². The molecule has 2 amide bonds. The Morgan fingerprint density at radius 2 is 1.64 bits per heavy atom. The Hall–Kier alpha value is -0.870. The fraction of sp³-hybridized carbons (Fsp3) is 0. The van der Waals surface area contributed by atoms with Crippen LogP contribution in [0.3, 0.4) is 0 Å². The first-order valence-electron chi connectivity index (χ1n) is 1.96. The molecule has 0 rings (SSSR count). The van der Waals surface area contributed by atoms with Crippen molar-refractivity contribution in [2.75, 3.05) is 0 Å². The molecule has 0 aliphatic heterocycles. The Morgan fingerprint density at radius 3 is 1.73 bits per heavy atom.